The minimum atomic E-state index is -0.220. The summed E-state index contributed by atoms with van der Waals surface area (Å²) in [6.45, 7) is 17.0. The first-order valence-corrected chi connectivity index (χ1v) is 15.0. The molecule has 4 aliphatic carbocycles. The van der Waals surface area contributed by atoms with Gasteiger partial charge in [0.15, 0.2) is 0 Å². The summed E-state index contributed by atoms with van der Waals surface area (Å²) in [7, 11) is 1.47. The number of allylic oxidation sites excluding steroid dienone is 1. The first kappa shape index (κ1) is 28.4. The van der Waals surface area contributed by atoms with Gasteiger partial charge in [-0.3, -0.25) is 9.59 Å². The number of hydrogen-bond donors (Lipinski definition) is 0. The molecule has 0 aromatic carbocycles. The summed E-state index contributed by atoms with van der Waals surface area (Å²) in [5.74, 6) is 0.668. The maximum Gasteiger partial charge on any atom is 0.333 e. The molecule has 6 heteroatoms. The van der Waals surface area contributed by atoms with Gasteiger partial charge in [-0.15, -0.1) is 0 Å². The second-order valence-electron chi connectivity index (χ2n) is 14.2. The summed E-state index contributed by atoms with van der Waals surface area (Å²) in [5.41, 5.74) is 1.84. The second kappa shape index (κ2) is 9.48. The number of carbonyl (C=O) groups excluding carboxylic acids is 3. The van der Waals surface area contributed by atoms with Crippen LogP contribution in [0.25, 0.3) is 0 Å². The van der Waals surface area contributed by atoms with Crippen LogP contribution in [-0.4, -0.2) is 37.2 Å². The highest BCUT2D eigenvalue weighted by Gasteiger charge is 2.82. The summed E-state index contributed by atoms with van der Waals surface area (Å²) in [6, 6.07) is 0. The van der Waals surface area contributed by atoms with Crippen molar-refractivity contribution in [1.82, 2.24) is 0 Å². The van der Waals surface area contributed by atoms with E-state index >= 15 is 0 Å². The van der Waals surface area contributed by atoms with Crippen LogP contribution in [0.15, 0.2) is 23.8 Å². The van der Waals surface area contributed by atoms with E-state index in [1.54, 1.807) is 0 Å². The van der Waals surface area contributed by atoms with E-state index in [2.05, 4.69) is 34.3 Å². The van der Waals surface area contributed by atoms with Gasteiger partial charge in [-0.2, -0.15) is 0 Å². The molecule has 0 radical (unpaired) electrons. The molecule has 4 fully saturated rings. The molecule has 0 N–H and O–H groups in total. The first-order chi connectivity index (χ1) is 18.3. The van der Waals surface area contributed by atoms with E-state index in [9.17, 15) is 14.4 Å². The lowest BCUT2D eigenvalue weighted by Crippen LogP contribution is -2.58. The van der Waals surface area contributed by atoms with Gasteiger partial charge < -0.3 is 14.2 Å². The lowest BCUT2D eigenvalue weighted by molar-refractivity contribution is -0.182. The Balaban J connectivity index is 1.52. The highest BCUT2D eigenvalue weighted by atomic mass is 16.5. The molecule has 6 nitrogen and oxygen atoms in total. The minimum Gasteiger partial charge on any atom is -0.469 e. The van der Waals surface area contributed by atoms with Gasteiger partial charge in [-0.05, 0) is 98.7 Å². The third kappa shape index (κ3) is 3.89. The lowest BCUT2D eigenvalue weighted by atomic mass is 9.43. The largest absolute Gasteiger partial charge is 0.469 e. The standard InChI is InChI=1S/C33H48O6/c1-19(2)23-10-12-26-31(7)27(38-22(5)34)17-24(21(4)25-11-9-20(3)29(36)39-25)30(31,6)15-16-33(26)18-32(23,33)14-13-28(35)37-8/h9,21,23-27H,1,10-18H2,2-8H3/t21-,23-,24+,25+,26-,27-,30+,31+,32+,33-/m0/s1. The maximum absolute atomic E-state index is 12.5. The summed E-state index contributed by atoms with van der Waals surface area (Å²) >= 11 is 0. The van der Waals surface area contributed by atoms with Crippen LogP contribution in [0.5, 0.6) is 0 Å². The van der Waals surface area contributed by atoms with E-state index in [-0.39, 0.29) is 63.6 Å². The van der Waals surface area contributed by atoms with Gasteiger partial charge in [-0.1, -0.05) is 39.0 Å². The molecule has 0 aromatic heterocycles. The quantitative estimate of drug-likeness (QED) is 0.206. The predicted molar refractivity (Wildman–Crippen MR) is 148 cm³/mol. The monoisotopic (exact) mass is 540 g/mol. The number of cyclic esters (lactones) is 1. The smallest absolute Gasteiger partial charge is 0.333 e. The fourth-order valence-corrected chi connectivity index (χ4v) is 10.9. The SMILES string of the molecule is C=C(C)[C@@H]1CC[C@@H]2[C@]3(CC[C@]4(C)[C@@H]([C@H](C)[C@H]5CC=C(C)C(=O)O5)C[C@H](OC(C)=O)[C@@]24C)C[C@]13CCC(=O)OC. The highest BCUT2D eigenvalue weighted by molar-refractivity contribution is 5.88. The van der Waals surface area contributed by atoms with E-state index in [0.717, 1.165) is 51.4 Å². The highest BCUT2D eigenvalue weighted by Crippen LogP contribution is 2.87. The van der Waals surface area contributed by atoms with Crippen molar-refractivity contribution in [2.24, 2.45) is 45.3 Å². The molecule has 1 aliphatic heterocycles. The molecule has 0 aromatic rings. The summed E-state index contributed by atoms with van der Waals surface area (Å²) < 4.78 is 17.2. The Kier molecular flexibility index (Phi) is 6.91. The Morgan fingerprint density at radius 2 is 1.92 bits per heavy atom. The Morgan fingerprint density at radius 3 is 2.54 bits per heavy atom. The van der Waals surface area contributed by atoms with Crippen molar-refractivity contribution in [3.05, 3.63) is 23.8 Å². The van der Waals surface area contributed by atoms with Crippen molar-refractivity contribution in [1.29, 1.82) is 0 Å². The Morgan fingerprint density at radius 1 is 1.21 bits per heavy atom. The van der Waals surface area contributed by atoms with Crippen molar-refractivity contribution in [2.75, 3.05) is 7.11 Å². The Hall–Kier alpha value is -2.11. The first-order valence-electron chi connectivity index (χ1n) is 15.0. The molecule has 4 saturated carbocycles. The molecule has 5 rings (SSSR count). The molecule has 0 bridgehead atoms. The number of fused-ring (bicyclic) bond motifs is 2. The van der Waals surface area contributed by atoms with E-state index in [4.69, 9.17) is 14.2 Å². The number of methoxy groups -OCH3 is 1. The summed E-state index contributed by atoms with van der Waals surface area (Å²) in [5, 5.41) is 0. The van der Waals surface area contributed by atoms with E-state index in [1.807, 2.05) is 13.0 Å². The summed E-state index contributed by atoms with van der Waals surface area (Å²) in [4.78, 5) is 37.2. The number of carbonyl (C=O) groups is 3. The van der Waals surface area contributed by atoms with Gasteiger partial charge in [0.2, 0.25) is 0 Å². The lowest BCUT2D eigenvalue weighted by Gasteiger charge is -2.61. The number of ether oxygens (including phenoxy) is 3. The van der Waals surface area contributed by atoms with E-state index < -0.39 is 0 Å². The zero-order valence-electron chi connectivity index (χ0n) is 25.1. The van der Waals surface area contributed by atoms with Gasteiger partial charge in [0.25, 0.3) is 0 Å². The van der Waals surface area contributed by atoms with Crippen LogP contribution in [-0.2, 0) is 28.6 Å². The average molecular weight is 541 g/mol. The molecule has 216 valence electrons. The van der Waals surface area contributed by atoms with Crippen molar-refractivity contribution in [3.8, 4) is 0 Å². The van der Waals surface area contributed by atoms with Crippen LogP contribution in [0.3, 0.4) is 0 Å². The second-order valence-corrected chi connectivity index (χ2v) is 14.2. The van der Waals surface area contributed by atoms with Crippen molar-refractivity contribution < 1.29 is 28.6 Å². The van der Waals surface area contributed by atoms with Crippen molar-refractivity contribution in [3.63, 3.8) is 0 Å². The molecular weight excluding hydrogens is 492 g/mol. The summed E-state index contributed by atoms with van der Waals surface area (Å²) in [6.07, 6.45) is 9.93. The third-order valence-electron chi connectivity index (χ3n) is 12.9. The molecule has 10 atom stereocenters. The van der Waals surface area contributed by atoms with Crippen LogP contribution in [0.2, 0.25) is 0 Å². The fourth-order valence-electron chi connectivity index (χ4n) is 10.9. The van der Waals surface area contributed by atoms with Crippen LogP contribution in [0, 0.1) is 45.3 Å². The molecule has 0 amide bonds. The molecule has 0 saturated heterocycles. The Labute approximate surface area is 234 Å². The number of esters is 3. The molecule has 1 spiro atoms. The molecular formula is C33H48O6. The maximum atomic E-state index is 12.5. The zero-order valence-corrected chi connectivity index (χ0v) is 25.1. The van der Waals surface area contributed by atoms with Gasteiger partial charge in [-0.25, -0.2) is 4.79 Å². The van der Waals surface area contributed by atoms with Gasteiger partial charge in [0.05, 0.1) is 7.11 Å². The molecule has 0 unspecified atom stereocenters. The van der Waals surface area contributed by atoms with Crippen LogP contribution in [0.1, 0.15) is 99.3 Å². The third-order valence-corrected chi connectivity index (χ3v) is 12.9. The van der Waals surface area contributed by atoms with Crippen LogP contribution >= 0.6 is 0 Å². The molecule has 1 heterocycles. The zero-order chi connectivity index (χ0) is 28.5. The molecule has 39 heavy (non-hydrogen) atoms. The van der Waals surface area contributed by atoms with E-state index in [1.165, 1.54) is 19.6 Å². The van der Waals surface area contributed by atoms with Crippen molar-refractivity contribution in [2.45, 2.75) is 112 Å². The van der Waals surface area contributed by atoms with Crippen molar-refractivity contribution >= 4 is 17.9 Å². The minimum absolute atomic E-state index is 0.0577. The fraction of sp³-hybridized carbons (Fsp3) is 0.788. The van der Waals surface area contributed by atoms with Gasteiger partial charge in [0, 0.05) is 30.8 Å². The van der Waals surface area contributed by atoms with Gasteiger partial charge >= 0.3 is 17.9 Å². The average Bonchev–Trinajstić information content (AvgIpc) is 3.50. The molecule has 5 aliphatic rings. The Bertz CT molecular complexity index is 1110. The number of hydrogen-bond acceptors (Lipinski definition) is 6. The van der Waals surface area contributed by atoms with E-state index in [0.29, 0.717) is 23.8 Å². The topological polar surface area (TPSA) is 78.9 Å². The normalized spacial score (nSPS) is 45.1. The number of rotatable bonds is 7. The van der Waals surface area contributed by atoms with Gasteiger partial charge in [0.1, 0.15) is 12.2 Å². The predicted octanol–water partition coefficient (Wildman–Crippen LogP) is 6.57. The van der Waals surface area contributed by atoms with Crippen LogP contribution < -0.4 is 0 Å². The van der Waals surface area contributed by atoms with Crippen LogP contribution in [0.4, 0.5) is 0 Å².